The van der Waals surface area contributed by atoms with Crippen LogP contribution in [0.1, 0.15) is 25.3 Å². The molecule has 1 aromatic carbocycles. The number of nitrogens with zero attached hydrogens (tertiary/aromatic N) is 1. The van der Waals surface area contributed by atoms with Crippen LogP contribution in [0.15, 0.2) is 24.3 Å². The molecule has 6 heteroatoms. The summed E-state index contributed by atoms with van der Waals surface area (Å²) in [4.78, 5) is 20.7. The Hall–Kier alpha value is -2.37. The average molecular weight is 265 g/mol. The van der Waals surface area contributed by atoms with Gasteiger partial charge in [-0.25, -0.2) is 4.79 Å². The van der Waals surface area contributed by atoms with Gasteiger partial charge < -0.3 is 9.84 Å². The number of benzene rings is 1. The number of carboxylic acid groups (broad SMARTS) is 1. The lowest BCUT2D eigenvalue weighted by Crippen LogP contribution is -2.00. The molecule has 1 rings (SSSR count). The number of rotatable bonds is 7. The van der Waals surface area contributed by atoms with Crippen LogP contribution < -0.4 is 4.74 Å². The Balaban J connectivity index is 2.96. The fourth-order valence-electron chi connectivity index (χ4n) is 1.39. The molecule has 0 saturated heterocycles. The van der Waals surface area contributed by atoms with Crippen LogP contribution in [0.3, 0.4) is 0 Å². The first kappa shape index (κ1) is 14.7. The van der Waals surface area contributed by atoms with Crippen LogP contribution >= 0.6 is 0 Å². The van der Waals surface area contributed by atoms with Gasteiger partial charge in [0.15, 0.2) is 5.75 Å². The zero-order chi connectivity index (χ0) is 14.3. The third-order valence-electron chi connectivity index (χ3n) is 2.35. The molecule has 1 aromatic rings. The van der Waals surface area contributed by atoms with Gasteiger partial charge in [0.2, 0.25) is 0 Å². The molecule has 102 valence electrons. The summed E-state index contributed by atoms with van der Waals surface area (Å²) >= 11 is 0. The van der Waals surface area contributed by atoms with Gasteiger partial charge in [0.1, 0.15) is 0 Å². The number of hydrogen-bond donors (Lipinski definition) is 1. The summed E-state index contributed by atoms with van der Waals surface area (Å²) in [6, 6.07) is 4.25. The largest absolute Gasteiger partial charge is 0.487 e. The van der Waals surface area contributed by atoms with Crippen molar-refractivity contribution in [3.63, 3.8) is 0 Å². The second-order valence-corrected chi connectivity index (χ2v) is 3.86. The molecular weight excluding hydrogens is 250 g/mol. The van der Waals surface area contributed by atoms with Gasteiger partial charge in [-0.1, -0.05) is 13.3 Å². The van der Waals surface area contributed by atoms with Gasteiger partial charge in [-0.05, 0) is 30.2 Å². The number of aliphatic carboxylic acids is 1. The van der Waals surface area contributed by atoms with E-state index in [0.717, 1.165) is 18.9 Å². The molecule has 1 N–H and O–H groups in total. The molecule has 0 aliphatic heterocycles. The highest BCUT2D eigenvalue weighted by atomic mass is 16.6. The first-order chi connectivity index (χ1) is 9.04. The molecule has 0 amide bonds. The fraction of sp³-hybridized carbons (Fsp3) is 0.308. The standard InChI is InChI=1S/C13H15NO5/c1-2-3-8-19-12-9-10(5-7-13(15)16)4-6-11(12)14(17)18/h4-7,9H,2-3,8H2,1H3,(H,15,16). The quantitative estimate of drug-likeness (QED) is 0.354. The number of nitro benzene ring substituents is 1. The van der Waals surface area contributed by atoms with Crippen LogP contribution in [0.5, 0.6) is 5.75 Å². The molecule has 0 heterocycles. The number of nitro groups is 1. The highest BCUT2D eigenvalue weighted by Crippen LogP contribution is 2.28. The first-order valence-electron chi connectivity index (χ1n) is 5.87. The van der Waals surface area contributed by atoms with Gasteiger partial charge in [-0.2, -0.15) is 0 Å². The lowest BCUT2D eigenvalue weighted by molar-refractivity contribution is -0.385. The summed E-state index contributed by atoms with van der Waals surface area (Å²) in [6.07, 6.45) is 4.05. The predicted molar refractivity (Wildman–Crippen MR) is 70.2 cm³/mol. The number of carbonyl (C=O) groups is 1. The van der Waals surface area contributed by atoms with Gasteiger partial charge >= 0.3 is 11.7 Å². The Labute approximate surface area is 110 Å². The van der Waals surface area contributed by atoms with Crippen molar-refractivity contribution in [1.29, 1.82) is 0 Å². The van der Waals surface area contributed by atoms with E-state index in [-0.39, 0.29) is 11.4 Å². The van der Waals surface area contributed by atoms with Crippen LogP contribution in [0.2, 0.25) is 0 Å². The number of hydrogen-bond acceptors (Lipinski definition) is 4. The Morgan fingerprint density at radius 3 is 2.84 bits per heavy atom. The number of unbranched alkanes of at least 4 members (excludes halogenated alkanes) is 1. The minimum atomic E-state index is -1.08. The van der Waals surface area contributed by atoms with Gasteiger partial charge in [0, 0.05) is 12.1 Å². The maximum Gasteiger partial charge on any atom is 0.328 e. The zero-order valence-electron chi connectivity index (χ0n) is 10.5. The molecule has 0 unspecified atom stereocenters. The zero-order valence-corrected chi connectivity index (χ0v) is 10.5. The van der Waals surface area contributed by atoms with Crippen molar-refractivity contribution in [1.82, 2.24) is 0 Å². The van der Waals surface area contributed by atoms with E-state index in [1.165, 1.54) is 24.3 Å². The first-order valence-corrected chi connectivity index (χ1v) is 5.87. The summed E-state index contributed by atoms with van der Waals surface area (Å²) in [5.41, 5.74) is 0.420. The minimum Gasteiger partial charge on any atom is -0.487 e. The highest BCUT2D eigenvalue weighted by Gasteiger charge is 2.14. The third-order valence-corrected chi connectivity index (χ3v) is 2.35. The van der Waals surface area contributed by atoms with Crippen molar-refractivity contribution >= 4 is 17.7 Å². The molecule has 6 nitrogen and oxygen atoms in total. The Morgan fingerprint density at radius 1 is 1.53 bits per heavy atom. The minimum absolute atomic E-state index is 0.122. The molecule has 0 aliphatic rings. The molecule has 0 aliphatic carbocycles. The SMILES string of the molecule is CCCCOc1cc(C=CC(=O)O)ccc1[N+](=O)[O-]. The molecule has 0 saturated carbocycles. The Kier molecular flexibility index (Phi) is 5.53. The molecule has 0 spiro atoms. The normalized spacial score (nSPS) is 10.6. The van der Waals surface area contributed by atoms with Crippen molar-refractivity contribution in [2.75, 3.05) is 6.61 Å². The maximum atomic E-state index is 10.8. The second kappa shape index (κ2) is 7.15. The van der Waals surface area contributed by atoms with E-state index in [1.54, 1.807) is 0 Å². The number of ether oxygens (including phenoxy) is 1. The van der Waals surface area contributed by atoms with Crippen LogP contribution in [-0.4, -0.2) is 22.6 Å². The molecule has 0 atom stereocenters. The van der Waals surface area contributed by atoms with E-state index in [2.05, 4.69) is 0 Å². The molecule has 0 aromatic heterocycles. The molecule has 0 radical (unpaired) electrons. The number of carboxylic acids is 1. The summed E-state index contributed by atoms with van der Waals surface area (Å²) in [7, 11) is 0. The summed E-state index contributed by atoms with van der Waals surface area (Å²) in [5.74, 6) is -0.919. The van der Waals surface area contributed by atoms with E-state index in [0.29, 0.717) is 12.2 Å². The lowest BCUT2D eigenvalue weighted by Gasteiger charge is -2.06. The molecule has 0 fully saturated rings. The van der Waals surface area contributed by atoms with Crippen LogP contribution in [0.25, 0.3) is 6.08 Å². The van der Waals surface area contributed by atoms with Gasteiger partial charge in [0.25, 0.3) is 0 Å². The van der Waals surface area contributed by atoms with E-state index in [9.17, 15) is 14.9 Å². The second-order valence-electron chi connectivity index (χ2n) is 3.86. The predicted octanol–water partition coefficient (Wildman–Crippen LogP) is 2.87. The Morgan fingerprint density at radius 2 is 2.26 bits per heavy atom. The highest BCUT2D eigenvalue weighted by molar-refractivity contribution is 5.85. The Bertz CT molecular complexity index is 496. The van der Waals surface area contributed by atoms with Crippen molar-refractivity contribution in [2.24, 2.45) is 0 Å². The van der Waals surface area contributed by atoms with Gasteiger partial charge in [-0.3, -0.25) is 10.1 Å². The van der Waals surface area contributed by atoms with Crippen molar-refractivity contribution in [3.8, 4) is 5.75 Å². The summed E-state index contributed by atoms with van der Waals surface area (Å²) in [6.45, 7) is 2.38. The fourth-order valence-corrected chi connectivity index (χ4v) is 1.39. The lowest BCUT2D eigenvalue weighted by atomic mass is 10.1. The third kappa shape index (κ3) is 4.79. The van der Waals surface area contributed by atoms with Crippen molar-refractivity contribution < 1.29 is 19.6 Å². The van der Waals surface area contributed by atoms with Crippen molar-refractivity contribution in [2.45, 2.75) is 19.8 Å². The van der Waals surface area contributed by atoms with Gasteiger partial charge in [0.05, 0.1) is 11.5 Å². The van der Waals surface area contributed by atoms with Crippen LogP contribution in [0.4, 0.5) is 5.69 Å². The monoisotopic (exact) mass is 265 g/mol. The van der Waals surface area contributed by atoms with E-state index >= 15 is 0 Å². The molecule has 19 heavy (non-hydrogen) atoms. The van der Waals surface area contributed by atoms with Crippen LogP contribution in [0, 0.1) is 10.1 Å². The van der Waals surface area contributed by atoms with E-state index in [4.69, 9.17) is 9.84 Å². The maximum absolute atomic E-state index is 10.8. The van der Waals surface area contributed by atoms with Crippen molar-refractivity contribution in [3.05, 3.63) is 40.0 Å². The summed E-state index contributed by atoms with van der Waals surface area (Å²) < 4.78 is 5.36. The van der Waals surface area contributed by atoms with E-state index in [1.807, 2.05) is 6.92 Å². The molecule has 0 bridgehead atoms. The van der Waals surface area contributed by atoms with Gasteiger partial charge in [-0.15, -0.1) is 0 Å². The van der Waals surface area contributed by atoms with Crippen LogP contribution in [-0.2, 0) is 4.79 Å². The van der Waals surface area contributed by atoms with E-state index < -0.39 is 10.9 Å². The topological polar surface area (TPSA) is 89.7 Å². The smallest absolute Gasteiger partial charge is 0.328 e. The summed E-state index contributed by atoms with van der Waals surface area (Å²) in [5, 5.41) is 19.4. The average Bonchev–Trinajstić information content (AvgIpc) is 2.36. The molecular formula is C13H15NO5.